The van der Waals surface area contributed by atoms with Gasteiger partial charge in [0.2, 0.25) is 5.91 Å². The lowest BCUT2D eigenvalue weighted by Gasteiger charge is -2.20. The third kappa shape index (κ3) is 5.51. The lowest BCUT2D eigenvalue weighted by atomic mass is 10.1. The molecule has 0 aliphatic rings. The zero-order valence-electron chi connectivity index (χ0n) is 16.7. The number of ether oxygens (including phenoxy) is 2. The van der Waals surface area contributed by atoms with Crippen LogP contribution in [0.3, 0.4) is 0 Å². The number of benzene rings is 2. The summed E-state index contributed by atoms with van der Waals surface area (Å²) < 4.78 is 10.5. The van der Waals surface area contributed by atoms with E-state index in [0.717, 1.165) is 16.8 Å². The first kappa shape index (κ1) is 20.4. The van der Waals surface area contributed by atoms with E-state index in [4.69, 9.17) is 9.47 Å². The van der Waals surface area contributed by atoms with Crippen LogP contribution in [0, 0.1) is 0 Å². The minimum atomic E-state index is -0.0241. The molecule has 0 aliphatic heterocycles. The van der Waals surface area contributed by atoms with E-state index in [2.05, 4.69) is 29.2 Å². The van der Waals surface area contributed by atoms with Gasteiger partial charge in [-0.15, -0.1) is 0 Å². The number of hydrogen-bond donors (Lipinski definition) is 0. The lowest BCUT2D eigenvalue weighted by molar-refractivity contribution is -0.126. The molecule has 5 nitrogen and oxygen atoms in total. The maximum Gasteiger partial charge on any atom is 0.246 e. The Morgan fingerprint density at radius 1 is 1.00 bits per heavy atom. The van der Waals surface area contributed by atoms with Crippen LogP contribution in [0.25, 0.3) is 6.08 Å². The molecule has 0 radical (unpaired) electrons. The van der Waals surface area contributed by atoms with Gasteiger partial charge in [-0.05, 0) is 48.4 Å². The van der Waals surface area contributed by atoms with Crippen molar-refractivity contribution in [2.75, 3.05) is 39.8 Å². The zero-order valence-corrected chi connectivity index (χ0v) is 16.7. The highest BCUT2D eigenvalue weighted by molar-refractivity contribution is 5.91. The van der Waals surface area contributed by atoms with Crippen molar-refractivity contribution in [2.24, 2.45) is 0 Å². The quantitative estimate of drug-likeness (QED) is 0.664. The van der Waals surface area contributed by atoms with Gasteiger partial charge >= 0.3 is 0 Å². The van der Waals surface area contributed by atoms with Crippen molar-refractivity contribution in [3.8, 4) is 11.5 Å². The monoisotopic (exact) mass is 368 g/mol. The third-order valence-electron chi connectivity index (χ3n) is 4.35. The minimum Gasteiger partial charge on any atom is -0.493 e. The van der Waals surface area contributed by atoms with E-state index in [9.17, 15) is 4.79 Å². The molecule has 144 valence electrons. The van der Waals surface area contributed by atoms with Gasteiger partial charge in [-0.25, -0.2) is 0 Å². The van der Waals surface area contributed by atoms with E-state index in [1.807, 2.05) is 44.1 Å². The van der Waals surface area contributed by atoms with Gasteiger partial charge in [-0.1, -0.05) is 18.2 Å². The normalized spacial score (nSPS) is 10.7. The number of carbonyl (C=O) groups is 1. The van der Waals surface area contributed by atoms with Crippen LogP contribution in [-0.4, -0.2) is 45.7 Å². The van der Waals surface area contributed by atoms with E-state index >= 15 is 0 Å². The van der Waals surface area contributed by atoms with Gasteiger partial charge in [-0.3, -0.25) is 4.79 Å². The van der Waals surface area contributed by atoms with Gasteiger partial charge in [0.05, 0.1) is 14.2 Å². The van der Waals surface area contributed by atoms with Crippen molar-refractivity contribution >= 4 is 17.7 Å². The topological polar surface area (TPSA) is 42.0 Å². The molecule has 5 heteroatoms. The van der Waals surface area contributed by atoms with E-state index in [1.165, 1.54) is 0 Å². The highest BCUT2D eigenvalue weighted by Gasteiger charge is 2.10. The molecule has 0 saturated heterocycles. The molecule has 2 aromatic carbocycles. The second-order valence-corrected chi connectivity index (χ2v) is 6.36. The van der Waals surface area contributed by atoms with Gasteiger partial charge in [0.15, 0.2) is 11.5 Å². The number of methoxy groups -OCH3 is 2. The summed E-state index contributed by atoms with van der Waals surface area (Å²) in [7, 11) is 7.21. The Kier molecular flexibility index (Phi) is 7.29. The molecule has 0 unspecified atom stereocenters. The number of hydrogen-bond acceptors (Lipinski definition) is 4. The van der Waals surface area contributed by atoms with Crippen molar-refractivity contribution < 1.29 is 14.3 Å². The molecule has 1 amide bonds. The average molecular weight is 368 g/mol. The fourth-order valence-corrected chi connectivity index (χ4v) is 2.69. The fourth-order valence-electron chi connectivity index (χ4n) is 2.69. The molecule has 2 aromatic rings. The summed E-state index contributed by atoms with van der Waals surface area (Å²) in [4.78, 5) is 16.4. The van der Waals surface area contributed by atoms with Crippen LogP contribution in [0.15, 0.2) is 48.5 Å². The van der Waals surface area contributed by atoms with Gasteiger partial charge in [-0.2, -0.15) is 0 Å². The first-order chi connectivity index (χ1) is 13.0. The lowest BCUT2D eigenvalue weighted by Crippen LogP contribution is -2.28. The van der Waals surface area contributed by atoms with Crippen LogP contribution in [0.1, 0.15) is 18.1 Å². The summed E-state index contributed by atoms with van der Waals surface area (Å²) in [5, 5.41) is 0. The van der Waals surface area contributed by atoms with Crippen LogP contribution in [-0.2, 0) is 11.3 Å². The Morgan fingerprint density at radius 3 is 2.22 bits per heavy atom. The van der Waals surface area contributed by atoms with Crippen molar-refractivity contribution in [3.63, 3.8) is 0 Å². The van der Waals surface area contributed by atoms with Crippen molar-refractivity contribution in [3.05, 3.63) is 59.7 Å². The first-order valence-corrected chi connectivity index (χ1v) is 8.93. The number of anilines is 1. The second-order valence-electron chi connectivity index (χ2n) is 6.36. The Morgan fingerprint density at radius 2 is 1.67 bits per heavy atom. The Balaban J connectivity index is 2.06. The number of likely N-dealkylation sites (N-methyl/N-ethyl adjacent to an activating group) is 1. The minimum absolute atomic E-state index is 0.0241. The molecule has 0 bridgehead atoms. The average Bonchev–Trinajstić information content (AvgIpc) is 2.70. The third-order valence-corrected chi connectivity index (χ3v) is 4.35. The van der Waals surface area contributed by atoms with Crippen LogP contribution in [0.5, 0.6) is 11.5 Å². The zero-order chi connectivity index (χ0) is 19.8. The van der Waals surface area contributed by atoms with Crippen molar-refractivity contribution in [1.29, 1.82) is 0 Å². The first-order valence-electron chi connectivity index (χ1n) is 8.93. The van der Waals surface area contributed by atoms with Crippen LogP contribution >= 0.6 is 0 Å². The molecular formula is C22H28N2O3. The molecular weight excluding hydrogens is 340 g/mol. The molecule has 0 spiro atoms. The van der Waals surface area contributed by atoms with Gasteiger partial charge in [0.25, 0.3) is 0 Å². The summed E-state index contributed by atoms with van der Waals surface area (Å²) >= 11 is 0. The van der Waals surface area contributed by atoms with Gasteiger partial charge in [0.1, 0.15) is 0 Å². The summed E-state index contributed by atoms with van der Waals surface area (Å²) in [6, 6.07) is 13.8. The molecule has 27 heavy (non-hydrogen) atoms. The summed E-state index contributed by atoms with van der Waals surface area (Å²) in [5.74, 6) is 1.28. The Hall–Kier alpha value is -2.95. The van der Waals surface area contributed by atoms with E-state index in [-0.39, 0.29) is 5.91 Å². The number of nitrogens with zero attached hydrogens (tertiary/aromatic N) is 2. The summed E-state index contributed by atoms with van der Waals surface area (Å²) in [6.45, 7) is 3.21. The number of carbonyl (C=O) groups excluding carboxylic acids is 1. The van der Waals surface area contributed by atoms with Crippen LogP contribution in [0.4, 0.5) is 5.69 Å². The number of amides is 1. The second kappa shape index (κ2) is 9.67. The molecule has 0 saturated carbocycles. The smallest absolute Gasteiger partial charge is 0.246 e. The van der Waals surface area contributed by atoms with Gasteiger partial charge < -0.3 is 19.3 Å². The maximum absolute atomic E-state index is 12.6. The van der Waals surface area contributed by atoms with E-state index < -0.39 is 0 Å². The van der Waals surface area contributed by atoms with Crippen molar-refractivity contribution in [1.82, 2.24) is 4.90 Å². The Bertz CT molecular complexity index is 783. The SMILES string of the molecule is CCN(Cc1ccc(N(C)C)cc1)C(=O)/C=C/c1ccc(OC)c(OC)c1. The standard InChI is InChI=1S/C22H28N2O3/c1-6-24(16-18-7-11-19(12-8-18)23(2)3)22(25)14-10-17-9-13-20(26-4)21(15-17)27-5/h7-15H,6,16H2,1-5H3/b14-10+. The molecule has 0 fully saturated rings. The van der Waals surface area contributed by atoms with Crippen LogP contribution in [0.2, 0.25) is 0 Å². The maximum atomic E-state index is 12.6. The Labute approximate surface area is 161 Å². The van der Waals surface area contributed by atoms with Gasteiger partial charge in [0, 0.05) is 38.9 Å². The predicted octanol–water partition coefficient (Wildman–Crippen LogP) is 3.83. The molecule has 0 heterocycles. The van der Waals surface area contributed by atoms with Crippen LogP contribution < -0.4 is 14.4 Å². The molecule has 0 aromatic heterocycles. The van der Waals surface area contributed by atoms with Crippen molar-refractivity contribution in [2.45, 2.75) is 13.5 Å². The number of rotatable bonds is 8. The molecule has 0 aliphatic carbocycles. The molecule has 0 N–H and O–H groups in total. The highest BCUT2D eigenvalue weighted by Crippen LogP contribution is 2.28. The largest absolute Gasteiger partial charge is 0.493 e. The summed E-state index contributed by atoms with van der Waals surface area (Å²) in [6.07, 6.45) is 3.39. The fraction of sp³-hybridized carbons (Fsp3) is 0.318. The highest BCUT2D eigenvalue weighted by atomic mass is 16.5. The molecule has 2 rings (SSSR count). The molecule has 0 atom stereocenters. The van der Waals surface area contributed by atoms with E-state index in [1.54, 1.807) is 26.4 Å². The summed E-state index contributed by atoms with van der Waals surface area (Å²) in [5.41, 5.74) is 3.13. The van der Waals surface area contributed by atoms with E-state index in [0.29, 0.717) is 24.6 Å². The predicted molar refractivity (Wildman–Crippen MR) is 110 cm³/mol.